The summed E-state index contributed by atoms with van der Waals surface area (Å²) in [4.78, 5) is 41.7. The molecule has 0 spiro atoms. The van der Waals surface area contributed by atoms with E-state index >= 15 is 0 Å². The topological polar surface area (TPSA) is 91.4 Å². The van der Waals surface area contributed by atoms with Crippen molar-refractivity contribution in [2.75, 3.05) is 50.8 Å². The average molecular weight is 404 g/mol. The molecule has 9 heteroatoms. The first kappa shape index (κ1) is 20.8. The van der Waals surface area contributed by atoms with Gasteiger partial charge < -0.3 is 29.5 Å². The smallest absolute Gasteiger partial charge is 0.409 e. The van der Waals surface area contributed by atoms with Gasteiger partial charge in [-0.05, 0) is 38.1 Å². The molecule has 9 nitrogen and oxygen atoms in total. The molecule has 1 aromatic carbocycles. The number of benzene rings is 1. The molecule has 1 atom stereocenters. The van der Waals surface area contributed by atoms with Crippen LogP contribution < -0.4 is 15.0 Å². The van der Waals surface area contributed by atoms with E-state index in [1.165, 1.54) is 0 Å². The molecule has 0 radical (unpaired) electrons. The number of carbonyl (C=O) groups is 3. The summed E-state index contributed by atoms with van der Waals surface area (Å²) < 4.78 is 10.4. The Hall–Kier alpha value is -2.97. The molecule has 1 aromatic rings. The summed E-state index contributed by atoms with van der Waals surface area (Å²) in [7, 11) is 0. The zero-order valence-electron chi connectivity index (χ0n) is 16.9. The number of rotatable bonds is 5. The van der Waals surface area contributed by atoms with Crippen LogP contribution in [0.15, 0.2) is 24.3 Å². The van der Waals surface area contributed by atoms with E-state index in [0.29, 0.717) is 45.9 Å². The van der Waals surface area contributed by atoms with Crippen LogP contribution in [0.5, 0.6) is 5.75 Å². The van der Waals surface area contributed by atoms with E-state index in [1.807, 2.05) is 31.2 Å². The molecule has 0 bridgehead atoms. The number of carbonyl (C=O) groups excluding carboxylic acids is 3. The molecule has 29 heavy (non-hydrogen) atoms. The Balaban J connectivity index is 1.49. The zero-order valence-corrected chi connectivity index (χ0v) is 16.9. The van der Waals surface area contributed by atoms with Gasteiger partial charge in [0.05, 0.1) is 19.3 Å². The zero-order chi connectivity index (χ0) is 20.8. The molecule has 0 saturated carbocycles. The lowest BCUT2D eigenvalue weighted by Gasteiger charge is -2.34. The maximum atomic E-state index is 12.6. The van der Waals surface area contributed by atoms with Crippen molar-refractivity contribution in [1.29, 1.82) is 0 Å². The van der Waals surface area contributed by atoms with Crippen LogP contribution in [0.3, 0.4) is 0 Å². The van der Waals surface area contributed by atoms with Gasteiger partial charge in [0.2, 0.25) is 5.91 Å². The molecule has 1 N–H and O–H groups in total. The van der Waals surface area contributed by atoms with Gasteiger partial charge in [0.1, 0.15) is 5.75 Å². The number of nitrogens with zero attached hydrogens (tertiary/aromatic N) is 3. The highest BCUT2D eigenvalue weighted by molar-refractivity contribution is 5.96. The molecule has 0 unspecified atom stereocenters. The van der Waals surface area contributed by atoms with Gasteiger partial charge in [0.15, 0.2) is 0 Å². The van der Waals surface area contributed by atoms with Crippen LogP contribution in [0, 0.1) is 0 Å². The molecule has 0 aromatic heterocycles. The summed E-state index contributed by atoms with van der Waals surface area (Å²) in [6.45, 7) is 6.79. The van der Waals surface area contributed by atoms with Crippen molar-refractivity contribution in [2.24, 2.45) is 0 Å². The van der Waals surface area contributed by atoms with E-state index in [2.05, 4.69) is 5.32 Å². The van der Waals surface area contributed by atoms with Crippen LogP contribution in [-0.4, -0.2) is 79.8 Å². The number of ether oxygens (including phenoxy) is 2. The highest BCUT2D eigenvalue weighted by Crippen LogP contribution is 2.24. The summed E-state index contributed by atoms with van der Waals surface area (Å²) in [5, 5.41) is 2.94. The highest BCUT2D eigenvalue weighted by Gasteiger charge is 2.33. The van der Waals surface area contributed by atoms with Gasteiger partial charge in [0, 0.05) is 44.8 Å². The third-order valence-corrected chi connectivity index (χ3v) is 5.00. The quantitative estimate of drug-likeness (QED) is 0.806. The largest absolute Gasteiger partial charge is 0.494 e. The molecule has 2 fully saturated rings. The lowest BCUT2D eigenvalue weighted by atomic mass is 10.2. The van der Waals surface area contributed by atoms with Gasteiger partial charge in [-0.15, -0.1) is 0 Å². The monoisotopic (exact) mass is 404 g/mol. The van der Waals surface area contributed by atoms with Gasteiger partial charge in [-0.3, -0.25) is 4.79 Å². The Bertz CT molecular complexity index is 731. The fourth-order valence-corrected chi connectivity index (χ4v) is 3.52. The Morgan fingerprint density at radius 1 is 1.03 bits per heavy atom. The maximum absolute atomic E-state index is 12.6. The van der Waals surface area contributed by atoms with Gasteiger partial charge in [-0.25, -0.2) is 9.59 Å². The minimum absolute atomic E-state index is 0.0217. The molecule has 2 saturated heterocycles. The van der Waals surface area contributed by atoms with E-state index in [-0.39, 0.29) is 30.5 Å². The molecule has 3 rings (SSSR count). The number of amides is 4. The summed E-state index contributed by atoms with van der Waals surface area (Å²) in [5.74, 6) is 0.737. The molecular weight excluding hydrogens is 376 g/mol. The first-order valence-corrected chi connectivity index (χ1v) is 10.0. The Morgan fingerprint density at radius 3 is 2.31 bits per heavy atom. The summed E-state index contributed by atoms with van der Waals surface area (Å²) >= 11 is 0. The molecular formula is C20H28N4O5. The second-order valence-electron chi connectivity index (χ2n) is 6.95. The molecule has 158 valence electrons. The Kier molecular flexibility index (Phi) is 6.79. The fraction of sp³-hybridized carbons (Fsp3) is 0.550. The summed E-state index contributed by atoms with van der Waals surface area (Å²) in [6.07, 6.45) is -0.0817. The van der Waals surface area contributed by atoms with Crippen molar-refractivity contribution < 1.29 is 23.9 Å². The first-order valence-electron chi connectivity index (χ1n) is 10.0. The minimum atomic E-state index is -0.347. The Labute approximate surface area is 170 Å². The lowest BCUT2D eigenvalue weighted by molar-refractivity contribution is -0.117. The van der Waals surface area contributed by atoms with Crippen molar-refractivity contribution in [3.63, 3.8) is 0 Å². The predicted molar refractivity (Wildman–Crippen MR) is 107 cm³/mol. The van der Waals surface area contributed by atoms with Crippen LogP contribution >= 0.6 is 0 Å². The number of nitrogens with one attached hydrogen (secondary N) is 1. The third-order valence-electron chi connectivity index (χ3n) is 5.00. The van der Waals surface area contributed by atoms with Gasteiger partial charge >= 0.3 is 12.1 Å². The normalized spacial score (nSPS) is 19.3. The lowest BCUT2D eigenvalue weighted by Crippen LogP contribution is -2.54. The van der Waals surface area contributed by atoms with E-state index < -0.39 is 0 Å². The van der Waals surface area contributed by atoms with E-state index in [1.54, 1.807) is 21.6 Å². The highest BCUT2D eigenvalue weighted by atomic mass is 16.6. The fourth-order valence-electron chi connectivity index (χ4n) is 3.52. The standard InChI is InChI=1S/C20H28N4O5/c1-3-28-17-7-5-16(6-8-17)24-14-15(13-18(24)25)21-19(26)22-9-11-23(12-10-22)20(27)29-4-2/h5-8,15H,3-4,9-14H2,1-2H3,(H,21,26)/t15-/m0/s1. The van der Waals surface area contributed by atoms with E-state index in [4.69, 9.17) is 9.47 Å². The van der Waals surface area contributed by atoms with Crippen LogP contribution in [0.4, 0.5) is 15.3 Å². The summed E-state index contributed by atoms with van der Waals surface area (Å²) in [6, 6.07) is 6.91. The Morgan fingerprint density at radius 2 is 1.69 bits per heavy atom. The summed E-state index contributed by atoms with van der Waals surface area (Å²) in [5.41, 5.74) is 0.790. The second-order valence-corrected chi connectivity index (χ2v) is 6.95. The second kappa shape index (κ2) is 9.49. The van der Waals surface area contributed by atoms with Crippen molar-refractivity contribution in [3.05, 3.63) is 24.3 Å². The van der Waals surface area contributed by atoms with Crippen LogP contribution in [0.1, 0.15) is 20.3 Å². The molecule has 0 aliphatic carbocycles. The predicted octanol–water partition coefficient (Wildman–Crippen LogP) is 1.67. The van der Waals surface area contributed by atoms with Gasteiger partial charge in [-0.1, -0.05) is 0 Å². The SMILES string of the molecule is CCOC(=O)N1CCN(C(=O)N[C@H]2CC(=O)N(c3ccc(OCC)cc3)C2)CC1. The van der Waals surface area contributed by atoms with Gasteiger partial charge in [-0.2, -0.15) is 0 Å². The number of piperazine rings is 1. The van der Waals surface area contributed by atoms with E-state index in [9.17, 15) is 14.4 Å². The van der Waals surface area contributed by atoms with Crippen molar-refractivity contribution >= 4 is 23.7 Å². The molecule has 2 aliphatic heterocycles. The maximum Gasteiger partial charge on any atom is 0.409 e. The van der Waals surface area contributed by atoms with Crippen molar-refractivity contribution in [2.45, 2.75) is 26.3 Å². The third kappa shape index (κ3) is 5.10. The average Bonchev–Trinajstić information content (AvgIpc) is 3.09. The minimum Gasteiger partial charge on any atom is -0.494 e. The number of hydrogen-bond acceptors (Lipinski definition) is 5. The van der Waals surface area contributed by atoms with Crippen molar-refractivity contribution in [3.8, 4) is 5.75 Å². The van der Waals surface area contributed by atoms with Gasteiger partial charge in [0.25, 0.3) is 0 Å². The van der Waals surface area contributed by atoms with Crippen LogP contribution in [0.2, 0.25) is 0 Å². The first-order chi connectivity index (χ1) is 14.0. The van der Waals surface area contributed by atoms with Crippen LogP contribution in [-0.2, 0) is 9.53 Å². The number of urea groups is 1. The van der Waals surface area contributed by atoms with Crippen molar-refractivity contribution in [1.82, 2.24) is 15.1 Å². The molecule has 4 amide bonds. The molecule has 2 heterocycles. The van der Waals surface area contributed by atoms with E-state index in [0.717, 1.165) is 11.4 Å². The number of anilines is 1. The van der Waals surface area contributed by atoms with Crippen LogP contribution in [0.25, 0.3) is 0 Å². The molecule has 2 aliphatic rings. The number of hydrogen-bond donors (Lipinski definition) is 1.